The Morgan fingerprint density at radius 3 is 2.81 bits per heavy atom. The van der Waals surface area contributed by atoms with Crippen LogP contribution in [-0.2, 0) is 11.8 Å². The van der Waals surface area contributed by atoms with Crippen molar-refractivity contribution in [3.05, 3.63) is 18.0 Å². The smallest absolute Gasteiger partial charge is 0.194 e. The lowest BCUT2D eigenvalue weighted by atomic mass is 9.94. The van der Waals surface area contributed by atoms with Crippen LogP contribution in [0, 0.1) is 5.92 Å². The number of nitrogens with one attached hydrogen (secondary N) is 1. The molecule has 2 fully saturated rings. The topological polar surface area (TPSA) is 57.9 Å². The lowest BCUT2D eigenvalue weighted by molar-refractivity contribution is -0.00805. The monoisotopic (exact) mass is 362 g/mol. The molecule has 1 aromatic heterocycles. The number of hydrogen-bond donors (Lipinski definition) is 1. The van der Waals surface area contributed by atoms with E-state index in [1.165, 1.54) is 32.4 Å². The standard InChI is InChI=1S/C19H34N6O/c1-4-20-19(21-8-5-16-6-9-23(2)10-7-16)25-11-12-26-18(15-25)17-13-22-24(3)14-17/h13-14,16,18H,4-12,15H2,1-3H3,(H,20,21). The van der Waals surface area contributed by atoms with Gasteiger partial charge in [0.2, 0.25) is 0 Å². The molecular weight excluding hydrogens is 328 g/mol. The van der Waals surface area contributed by atoms with Crippen LogP contribution in [-0.4, -0.2) is 78.5 Å². The molecule has 26 heavy (non-hydrogen) atoms. The van der Waals surface area contributed by atoms with Crippen molar-refractivity contribution in [1.82, 2.24) is 24.9 Å². The number of nitrogens with zero attached hydrogens (tertiary/aromatic N) is 5. The summed E-state index contributed by atoms with van der Waals surface area (Å²) in [4.78, 5) is 9.68. The Hall–Kier alpha value is -1.60. The minimum Gasteiger partial charge on any atom is -0.370 e. The average molecular weight is 363 g/mol. The van der Waals surface area contributed by atoms with Crippen LogP contribution in [0.25, 0.3) is 0 Å². The first-order chi connectivity index (χ1) is 12.7. The second-order valence-electron chi connectivity index (χ2n) is 7.52. The van der Waals surface area contributed by atoms with Gasteiger partial charge in [0.25, 0.3) is 0 Å². The fraction of sp³-hybridized carbons (Fsp3) is 0.789. The molecule has 0 bridgehead atoms. The predicted molar refractivity (Wildman–Crippen MR) is 104 cm³/mol. The molecule has 0 aliphatic carbocycles. The van der Waals surface area contributed by atoms with Gasteiger partial charge in [-0.15, -0.1) is 0 Å². The van der Waals surface area contributed by atoms with Crippen LogP contribution in [0.2, 0.25) is 0 Å². The molecule has 2 aliphatic heterocycles. The van der Waals surface area contributed by atoms with E-state index in [2.05, 4.69) is 34.2 Å². The zero-order valence-corrected chi connectivity index (χ0v) is 16.5. The number of rotatable bonds is 5. The molecule has 2 aliphatic rings. The highest BCUT2D eigenvalue weighted by Crippen LogP contribution is 2.22. The number of guanidine groups is 1. The highest BCUT2D eigenvalue weighted by molar-refractivity contribution is 5.80. The van der Waals surface area contributed by atoms with Gasteiger partial charge in [-0.05, 0) is 52.2 Å². The molecular formula is C19H34N6O. The minimum absolute atomic E-state index is 0.0650. The van der Waals surface area contributed by atoms with Crippen LogP contribution in [0.4, 0.5) is 0 Å². The Labute approximate surface area is 157 Å². The number of piperidine rings is 1. The highest BCUT2D eigenvalue weighted by atomic mass is 16.5. The van der Waals surface area contributed by atoms with E-state index in [0.717, 1.165) is 50.2 Å². The van der Waals surface area contributed by atoms with E-state index < -0.39 is 0 Å². The van der Waals surface area contributed by atoms with E-state index in [9.17, 15) is 0 Å². The van der Waals surface area contributed by atoms with Crippen molar-refractivity contribution in [3.8, 4) is 0 Å². The fourth-order valence-electron chi connectivity index (χ4n) is 3.78. The maximum Gasteiger partial charge on any atom is 0.194 e. The van der Waals surface area contributed by atoms with Crippen molar-refractivity contribution in [2.24, 2.45) is 18.0 Å². The van der Waals surface area contributed by atoms with Gasteiger partial charge in [-0.25, -0.2) is 0 Å². The van der Waals surface area contributed by atoms with Gasteiger partial charge in [0, 0.05) is 38.4 Å². The number of aromatic nitrogens is 2. The molecule has 0 amide bonds. The molecule has 146 valence electrons. The summed E-state index contributed by atoms with van der Waals surface area (Å²) < 4.78 is 7.80. The van der Waals surface area contributed by atoms with Gasteiger partial charge >= 0.3 is 0 Å². The third kappa shape index (κ3) is 5.20. The van der Waals surface area contributed by atoms with E-state index in [1.807, 2.05) is 24.1 Å². The van der Waals surface area contributed by atoms with Crippen molar-refractivity contribution in [2.75, 3.05) is 52.9 Å². The van der Waals surface area contributed by atoms with Gasteiger partial charge in [0.15, 0.2) is 5.96 Å². The summed E-state index contributed by atoms with van der Waals surface area (Å²) in [6, 6.07) is 0. The summed E-state index contributed by atoms with van der Waals surface area (Å²) in [5.74, 6) is 1.85. The summed E-state index contributed by atoms with van der Waals surface area (Å²) in [7, 11) is 4.16. The molecule has 0 saturated carbocycles. The predicted octanol–water partition coefficient (Wildman–Crippen LogP) is 1.49. The van der Waals surface area contributed by atoms with Crippen molar-refractivity contribution >= 4 is 5.96 Å². The van der Waals surface area contributed by atoms with Crippen LogP contribution in [0.3, 0.4) is 0 Å². The largest absolute Gasteiger partial charge is 0.370 e. The number of morpholine rings is 1. The quantitative estimate of drug-likeness (QED) is 0.635. The van der Waals surface area contributed by atoms with Crippen molar-refractivity contribution in [3.63, 3.8) is 0 Å². The fourth-order valence-corrected chi connectivity index (χ4v) is 3.78. The second kappa shape index (κ2) is 9.37. The van der Waals surface area contributed by atoms with Crippen LogP contribution in [0.5, 0.6) is 0 Å². The third-order valence-electron chi connectivity index (χ3n) is 5.43. The maximum absolute atomic E-state index is 5.96. The first-order valence-corrected chi connectivity index (χ1v) is 9.97. The average Bonchev–Trinajstić information content (AvgIpc) is 3.09. The Morgan fingerprint density at radius 1 is 1.31 bits per heavy atom. The molecule has 7 heteroatoms. The number of hydrogen-bond acceptors (Lipinski definition) is 4. The van der Waals surface area contributed by atoms with Crippen molar-refractivity contribution in [2.45, 2.75) is 32.3 Å². The zero-order valence-electron chi connectivity index (χ0n) is 16.5. The number of ether oxygens (including phenoxy) is 1. The first-order valence-electron chi connectivity index (χ1n) is 9.97. The summed E-state index contributed by atoms with van der Waals surface area (Å²) >= 11 is 0. The van der Waals surface area contributed by atoms with Gasteiger partial charge < -0.3 is 19.9 Å². The maximum atomic E-state index is 5.96. The minimum atomic E-state index is 0.0650. The molecule has 0 radical (unpaired) electrons. The van der Waals surface area contributed by atoms with E-state index in [0.29, 0.717) is 0 Å². The highest BCUT2D eigenvalue weighted by Gasteiger charge is 2.25. The second-order valence-corrected chi connectivity index (χ2v) is 7.52. The van der Waals surface area contributed by atoms with Crippen molar-refractivity contribution < 1.29 is 4.74 Å². The lowest BCUT2D eigenvalue weighted by Crippen LogP contribution is -2.48. The van der Waals surface area contributed by atoms with Gasteiger partial charge in [-0.1, -0.05) is 0 Å². The van der Waals surface area contributed by atoms with Crippen LogP contribution >= 0.6 is 0 Å². The molecule has 3 heterocycles. The number of likely N-dealkylation sites (tertiary alicyclic amines) is 1. The molecule has 2 saturated heterocycles. The summed E-state index contributed by atoms with van der Waals surface area (Å²) in [5.41, 5.74) is 1.14. The Kier molecular flexibility index (Phi) is 6.91. The summed E-state index contributed by atoms with van der Waals surface area (Å²) in [5, 5.41) is 7.74. The van der Waals surface area contributed by atoms with E-state index in [-0.39, 0.29) is 6.10 Å². The van der Waals surface area contributed by atoms with Crippen LogP contribution in [0.15, 0.2) is 17.4 Å². The van der Waals surface area contributed by atoms with E-state index >= 15 is 0 Å². The third-order valence-corrected chi connectivity index (χ3v) is 5.43. The van der Waals surface area contributed by atoms with E-state index in [1.54, 1.807) is 0 Å². The van der Waals surface area contributed by atoms with Gasteiger partial charge in [0.1, 0.15) is 6.10 Å². The van der Waals surface area contributed by atoms with Crippen LogP contribution < -0.4 is 5.32 Å². The molecule has 0 spiro atoms. The zero-order chi connectivity index (χ0) is 18.4. The number of aliphatic imine (C=N–C) groups is 1. The molecule has 0 aromatic carbocycles. The van der Waals surface area contributed by atoms with Gasteiger partial charge in [0.05, 0.1) is 19.3 Å². The molecule has 1 atom stereocenters. The Balaban J connectivity index is 1.55. The molecule has 3 rings (SSSR count). The molecule has 1 N–H and O–H groups in total. The molecule has 7 nitrogen and oxygen atoms in total. The summed E-state index contributed by atoms with van der Waals surface area (Å²) in [6.07, 6.45) is 7.82. The van der Waals surface area contributed by atoms with Crippen LogP contribution in [0.1, 0.15) is 37.9 Å². The molecule has 1 unspecified atom stereocenters. The SMILES string of the molecule is CCNC(=NCCC1CCN(C)CC1)N1CCOC(c2cnn(C)c2)C1. The Bertz CT molecular complexity index is 578. The number of aryl methyl sites for hydroxylation is 1. The van der Waals surface area contributed by atoms with Gasteiger partial charge in [-0.3, -0.25) is 9.67 Å². The lowest BCUT2D eigenvalue weighted by Gasteiger charge is -2.35. The molecule has 1 aromatic rings. The van der Waals surface area contributed by atoms with Crippen molar-refractivity contribution in [1.29, 1.82) is 0 Å². The summed E-state index contributed by atoms with van der Waals surface area (Å²) in [6.45, 7) is 8.82. The first kappa shape index (κ1) is 19.2. The van der Waals surface area contributed by atoms with E-state index in [4.69, 9.17) is 9.73 Å². The Morgan fingerprint density at radius 2 is 2.12 bits per heavy atom. The normalized spacial score (nSPS) is 23.4. The van der Waals surface area contributed by atoms with Gasteiger partial charge in [-0.2, -0.15) is 5.10 Å².